The van der Waals surface area contributed by atoms with Crippen LogP contribution in [0.4, 0.5) is 0 Å². The molecule has 2 aromatic carbocycles. The van der Waals surface area contributed by atoms with Crippen LogP contribution in [0.2, 0.25) is 18.1 Å². The highest BCUT2D eigenvalue weighted by Crippen LogP contribution is 2.38. The summed E-state index contributed by atoms with van der Waals surface area (Å²) >= 11 is 0. The molecule has 186 valence electrons. The van der Waals surface area contributed by atoms with Crippen LogP contribution in [0.25, 0.3) is 0 Å². The molecule has 1 heterocycles. The van der Waals surface area contributed by atoms with Crippen LogP contribution in [-0.2, 0) is 10.0 Å². The molecule has 1 atom stereocenters. The highest BCUT2D eigenvalue weighted by molar-refractivity contribution is 6.74. The molecule has 3 rings (SSSR count). The Bertz CT molecular complexity index is 844. The molecule has 2 aromatic rings. The van der Waals surface area contributed by atoms with Gasteiger partial charge in [-0.05, 0) is 68.0 Å². The van der Waals surface area contributed by atoms with E-state index in [-0.39, 0.29) is 11.1 Å². The molecular weight excluding hydrogens is 434 g/mol. The Morgan fingerprint density at radius 2 is 1.44 bits per heavy atom. The highest BCUT2D eigenvalue weighted by Gasteiger charge is 2.42. The van der Waals surface area contributed by atoms with Gasteiger partial charge in [-0.1, -0.05) is 100 Å². The molecule has 4 heteroatoms. The van der Waals surface area contributed by atoms with E-state index in [9.17, 15) is 5.11 Å². The Labute approximate surface area is 209 Å². The van der Waals surface area contributed by atoms with Gasteiger partial charge >= 0.3 is 0 Å². The van der Waals surface area contributed by atoms with Crippen molar-refractivity contribution < 1.29 is 9.53 Å². The summed E-state index contributed by atoms with van der Waals surface area (Å²) in [7, 11) is -1.70. The number of unbranched alkanes of at least 4 members (excludes halogenated alkanes) is 1. The average Bonchev–Trinajstić information content (AvgIpc) is 2.84. The monoisotopic (exact) mass is 479 g/mol. The number of aliphatic hydroxyl groups is 1. The van der Waals surface area contributed by atoms with Gasteiger partial charge in [0.15, 0.2) is 8.32 Å². The van der Waals surface area contributed by atoms with Gasteiger partial charge in [-0.2, -0.15) is 0 Å². The minimum absolute atomic E-state index is 0.112. The van der Waals surface area contributed by atoms with Crippen LogP contribution in [-0.4, -0.2) is 44.1 Å². The van der Waals surface area contributed by atoms with Crippen LogP contribution in [0.15, 0.2) is 72.8 Å². The first kappa shape index (κ1) is 26.9. The predicted molar refractivity (Wildman–Crippen MR) is 147 cm³/mol. The molecule has 1 aliphatic heterocycles. The van der Waals surface area contributed by atoms with Crippen molar-refractivity contribution in [3.05, 3.63) is 83.9 Å². The third-order valence-corrected chi connectivity index (χ3v) is 12.3. The summed E-state index contributed by atoms with van der Waals surface area (Å²) in [6, 6.07) is 20.3. The SMILES string of the molecule is CC(C)(C)[Si](C)(C)OCCC/C=C\C(N1CCCCC1)C(O)(c1ccccc1)c1ccccc1. The first-order chi connectivity index (χ1) is 16.2. The molecule has 0 radical (unpaired) electrons. The van der Waals surface area contributed by atoms with Crippen LogP contribution in [0.3, 0.4) is 0 Å². The van der Waals surface area contributed by atoms with E-state index < -0.39 is 13.9 Å². The minimum Gasteiger partial charge on any atom is -0.417 e. The summed E-state index contributed by atoms with van der Waals surface area (Å²) in [4.78, 5) is 2.48. The molecule has 0 amide bonds. The molecule has 1 aliphatic rings. The fourth-order valence-electron chi connectivity index (χ4n) is 4.58. The lowest BCUT2D eigenvalue weighted by molar-refractivity contribution is -0.00645. The van der Waals surface area contributed by atoms with Crippen LogP contribution < -0.4 is 0 Å². The summed E-state index contributed by atoms with van der Waals surface area (Å²) in [6.45, 7) is 14.3. The van der Waals surface area contributed by atoms with Crippen molar-refractivity contribution in [3.63, 3.8) is 0 Å². The lowest BCUT2D eigenvalue weighted by atomic mass is 9.78. The predicted octanol–water partition coefficient (Wildman–Crippen LogP) is 7.14. The zero-order valence-corrected chi connectivity index (χ0v) is 23.0. The van der Waals surface area contributed by atoms with Crippen molar-refractivity contribution in [1.29, 1.82) is 0 Å². The van der Waals surface area contributed by atoms with E-state index in [4.69, 9.17) is 4.43 Å². The molecule has 0 bridgehead atoms. The number of rotatable bonds is 10. The van der Waals surface area contributed by atoms with Gasteiger partial charge in [0.2, 0.25) is 0 Å². The van der Waals surface area contributed by atoms with Gasteiger partial charge in [0.25, 0.3) is 0 Å². The van der Waals surface area contributed by atoms with Crippen molar-refractivity contribution >= 4 is 8.32 Å². The van der Waals surface area contributed by atoms with Crippen molar-refractivity contribution in [3.8, 4) is 0 Å². The van der Waals surface area contributed by atoms with Gasteiger partial charge in [0, 0.05) is 6.61 Å². The number of piperidine rings is 1. The number of allylic oxidation sites excluding steroid dienone is 1. The van der Waals surface area contributed by atoms with E-state index in [1.54, 1.807) is 0 Å². The van der Waals surface area contributed by atoms with Gasteiger partial charge < -0.3 is 9.53 Å². The smallest absolute Gasteiger partial charge is 0.191 e. The van der Waals surface area contributed by atoms with Crippen molar-refractivity contribution in [2.24, 2.45) is 0 Å². The Hall–Kier alpha value is -1.72. The summed E-state index contributed by atoms with van der Waals surface area (Å²) in [5.41, 5.74) is 0.791. The Morgan fingerprint density at radius 3 is 1.94 bits per heavy atom. The molecule has 0 saturated carbocycles. The van der Waals surface area contributed by atoms with Crippen molar-refractivity contribution in [1.82, 2.24) is 4.90 Å². The van der Waals surface area contributed by atoms with Crippen LogP contribution in [0, 0.1) is 0 Å². The second kappa shape index (κ2) is 11.8. The maximum absolute atomic E-state index is 12.5. The van der Waals surface area contributed by atoms with Crippen LogP contribution in [0.1, 0.15) is 64.0 Å². The van der Waals surface area contributed by atoms with Gasteiger partial charge in [-0.15, -0.1) is 0 Å². The van der Waals surface area contributed by atoms with Crippen molar-refractivity contribution in [2.75, 3.05) is 19.7 Å². The third kappa shape index (κ3) is 6.48. The second-order valence-electron chi connectivity index (χ2n) is 11.2. The fourth-order valence-corrected chi connectivity index (χ4v) is 5.67. The summed E-state index contributed by atoms with van der Waals surface area (Å²) in [5.74, 6) is 0. The average molecular weight is 480 g/mol. The van der Waals surface area contributed by atoms with E-state index in [1.165, 1.54) is 19.3 Å². The Kier molecular flexibility index (Phi) is 9.33. The lowest BCUT2D eigenvalue weighted by Crippen LogP contribution is -2.52. The summed E-state index contributed by atoms with van der Waals surface area (Å²) < 4.78 is 6.37. The van der Waals surface area contributed by atoms with Gasteiger partial charge in [0.1, 0.15) is 5.60 Å². The van der Waals surface area contributed by atoms with Crippen LogP contribution >= 0.6 is 0 Å². The summed E-state index contributed by atoms with van der Waals surface area (Å²) in [6.07, 6.45) is 10.1. The molecule has 3 nitrogen and oxygen atoms in total. The lowest BCUT2D eigenvalue weighted by Gasteiger charge is -2.44. The standard InChI is InChI=1S/C30H45NO2Si/c1-29(2,3)34(4,5)33-25-17-8-14-22-28(31-23-15-9-16-24-31)30(32,26-18-10-6-11-19-26)27-20-12-7-13-21-27/h6-7,10-14,18-22,28,32H,8-9,15-17,23-25H2,1-5H3/b22-14-. The Balaban J connectivity index is 1.82. The quantitative estimate of drug-likeness (QED) is 0.223. The topological polar surface area (TPSA) is 32.7 Å². The zero-order valence-electron chi connectivity index (χ0n) is 22.0. The van der Waals surface area contributed by atoms with E-state index in [1.807, 2.05) is 36.4 Å². The van der Waals surface area contributed by atoms with E-state index in [0.29, 0.717) is 0 Å². The Morgan fingerprint density at radius 1 is 0.912 bits per heavy atom. The van der Waals surface area contributed by atoms with E-state index >= 15 is 0 Å². The zero-order chi connectivity index (χ0) is 24.7. The van der Waals surface area contributed by atoms with E-state index in [2.05, 4.69) is 75.2 Å². The molecular formula is C30H45NO2Si. The minimum atomic E-state index is -1.70. The van der Waals surface area contributed by atoms with E-state index in [0.717, 1.165) is 43.7 Å². The molecule has 1 unspecified atom stereocenters. The molecule has 1 fully saturated rings. The first-order valence-electron chi connectivity index (χ1n) is 13.0. The molecule has 1 saturated heterocycles. The molecule has 1 N–H and O–H groups in total. The molecule has 0 spiro atoms. The van der Waals surface area contributed by atoms with Gasteiger partial charge in [0.05, 0.1) is 6.04 Å². The maximum Gasteiger partial charge on any atom is 0.191 e. The number of nitrogens with zero attached hydrogens (tertiary/aromatic N) is 1. The molecule has 0 aliphatic carbocycles. The second-order valence-corrected chi connectivity index (χ2v) is 16.0. The highest BCUT2D eigenvalue weighted by atomic mass is 28.4. The van der Waals surface area contributed by atoms with Crippen molar-refractivity contribution in [2.45, 2.75) is 82.7 Å². The van der Waals surface area contributed by atoms with Gasteiger partial charge in [-0.3, -0.25) is 4.90 Å². The number of hydrogen-bond acceptors (Lipinski definition) is 3. The fraction of sp³-hybridized carbons (Fsp3) is 0.533. The molecule has 0 aromatic heterocycles. The van der Waals surface area contributed by atoms with Crippen LogP contribution in [0.5, 0.6) is 0 Å². The normalized spacial score (nSPS) is 17.2. The number of likely N-dealkylation sites (tertiary alicyclic amines) is 1. The number of hydrogen-bond donors (Lipinski definition) is 1. The van der Waals surface area contributed by atoms with Gasteiger partial charge in [-0.25, -0.2) is 0 Å². The third-order valence-electron chi connectivity index (χ3n) is 7.74. The summed E-state index contributed by atoms with van der Waals surface area (Å²) in [5, 5.41) is 12.7. The first-order valence-corrected chi connectivity index (χ1v) is 16.0. The largest absolute Gasteiger partial charge is 0.417 e. The molecule has 34 heavy (non-hydrogen) atoms. The number of benzene rings is 2. The maximum atomic E-state index is 12.5.